The highest BCUT2D eigenvalue weighted by atomic mass is 15.1. The summed E-state index contributed by atoms with van der Waals surface area (Å²) in [4.78, 5) is 2.61. The third-order valence-corrected chi connectivity index (χ3v) is 14.3. The molecule has 2 bridgehead atoms. The molecule has 0 aromatic rings. The first-order valence-electron chi connectivity index (χ1n) is 19.5. The van der Waals surface area contributed by atoms with Crippen LogP contribution in [0.4, 0.5) is 0 Å². The Bertz CT molecular complexity index is 696. The van der Waals surface area contributed by atoms with Gasteiger partial charge >= 0.3 is 0 Å². The van der Waals surface area contributed by atoms with E-state index in [1.165, 1.54) is 187 Å². The molecule has 4 spiro atoms. The molecule has 6 saturated heterocycles. The standard InChI is InChI=1S/3C8H15N.C8H14.C6H11N/c1-3-8(4-1)5-2-6-9-7-8;1-2-8-3-6-9(5-1)7-4-8;1-2-8(3-1)4-6-9-7-5-8;1-2-5-8(4-1)6-3-7-8;1-2-6(3-1)4-7-5-6/h9H,1-7H2;8H,1-7H2;9H,1-7H2;1-7H2;7H,1-5H2. The largest absolute Gasteiger partial charge is 0.317 e. The van der Waals surface area contributed by atoms with Crippen molar-refractivity contribution in [3.63, 3.8) is 0 Å². The number of nitrogens with one attached hydrogen (secondary N) is 3. The van der Waals surface area contributed by atoms with Gasteiger partial charge in [-0.3, -0.25) is 0 Å². The predicted octanol–water partition coefficient (Wildman–Crippen LogP) is 8.06. The molecular weight excluding hydrogens is 512 g/mol. The molecule has 0 aromatic heterocycles. The molecule has 0 unspecified atom stereocenters. The minimum Gasteiger partial charge on any atom is -0.317 e. The van der Waals surface area contributed by atoms with Crippen LogP contribution in [0.2, 0.25) is 0 Å². The van der Waals surface area contributed by atoms with Crippen molar-refractivity contribution in [1.29, 1.82) is 0 Å². The van der Waals surface area contributed by atoms with Crippen molar-refractivity contribution in [1.82, 2.24) is 20.9 Å². The summed E-state index contributed by atoms with van der Waals surface area (Å²) in [6.45, 7) is 11.9. The molecule has 6 heterocycles. The van der Waals surface area contributed by atoms with Gasteiger partial charge in [-0.05, 0) is 182 Å². The fourth-order valence-electron chi connectivity index (χ4n) is 10.2. The van der Waals surface area contributed by atoms with Crippen molar-refractivity contribution in [2.24, 2.45) is 27.6 Å². The lowest BCUT2D eigenvalue weighted by molar-refractivity contribution is 0.0603. The van der Waals surface area contributed by atoms with Gasteiger partial charge < -0.3 is 20.9 Å². The van der Waals surface area contributed by atoms with Crippen molar-refractivity contribution in [2.75, 3.05) is 58.9 Å². The average Bonchev–Trinajstić information content (AvgIpc) is 3.22. The molecule has 4 nitrogen and oxygen atoms in total. The van der Waals surface area contributed by atoms with Gasteiger partial charge in [0.05, 0.1) is 0 Å². The van der Waals surface area contributed by atoms with Crippen LogP contribution in [-0.2, 0) is 0 Å². The summed E-state index contributed by atoms with van der Waals surface area (Å²) in [5.74, 6) is 1.10. The normalized spacial score (nSPS) is 34.9. The number of fused-ring (bicyclic) bond motifs is 4. The van der Waals surface area contributed by atoms with Gasteiger partial charge in [-0.1, -0.05) is 38.5 Å². The lowest BCUT2D eigenvalue weighted by atomic mass is 9.63. The van der Waals surface area contributed by atoms with Gasteiger partial charge in [-0.2, -0.15) is 0 Å². The fraction of sp³-hybridized carbons (Fsp3) is 1.00. The number of rotatable bonds is 0. The Balaban J connectivity index is 0.0000000942. The first-order valence-corrected chi connectivity index (χ1v) is 19.5. The van der Waals surface area contributed by atoms with Crippen LogP contribution < -0.4 is 16.0 Å². The second-order valence-corrected chi connectivity index (χ2v) is 17.2. The van der Waals surface area contributed by atoms with E-state index >= 15 is 0 Å². The zero-order chi connectivity index (χ0) is 28.6. The Morgan fingerprint density at radius 2 is 0.857 bits per heavy atom. The molecule has 11 rings (SSSR count). The van der Waals surface area contributed by atoms with E-state index in [1.807, 2.05) is 0 Å². The third kappa shape index (κ3) is 8.35. The summed E-state index contributed by atoms with van der Waals surface area (Å²) in [5.41, 5.74) is 3.38. The monoisotopic (exact) mass is 583 g/mol. The van der Waals surface area contributed by atoms with Gasteiger partial charge in [-0.25, -0.2) is 0 Å². The van der Waals surface area contributed by atoms with Gasteiger partial charge in [0.25, 0.3) is 0 Å². The summed E-state index contributed by atoms with van der Waals surface area (Å²) in [7, 11) is 0. The molecule has 11 aliphatic rings. The highest BCUT2D eigenvalue weighted by Gasteiger charge is 2.42. The van der Waals surface area contributed by atoms with E-state index in [1.54, 1.807) is 25.7 Å². The number of hydrogen-bond acceptors (Lipinski definition) is 4. The average molecular weight is 583 g/mol. The first-order chi connectivity index (χ1) is 20.6. The summed E-state index contributed by atoms with van der Waals surface area (Å²) < 4.78 is 0. The molecule has 4 heteroatoms. The minimum absolute atomic E-state index is 0.790. The maximum absolute atomic E-state index is 3.48. The van der Waals surface area contributed by atoms with Crippen molar-refractivity contribution in [2.45, 2.75) is 154 Å². The van der Waals surface area contributed by atoms with Gasteiger partial charge in [0.1, 0.15) is 0 Å². The maximum atomic E-state index is 3.48. The van der Waals surface area contributed by atoms with E-state index < -0.39 is 0 Å². The quantitative estimate of drug-likeness (QED) is 0.270. The lowest BCUT2D eigenvalue weighted by Crippen LogP contribution is -2.57. The van der Waals surface area contributed by atoms with Crippen LogP contribution in [0, 0.1) is 27.6 Å². The molecule has 0 amide bonds. The van der Waals surface area contributed by atoms with Crippen molar-refractivity contribution >= 4 is 0 Å². The molecule has 242 valence electrons. The van der Waals surface area contributed by atoms with Crippen LogP contribution in [0.15, 0.2) is 0 Å². The predicted molar refractivity (Wildman–Crippen MR) is 179 cm³/mol. The van der Waals surface area contributed by atoms with Gasteiger partial charge in [0, 0.05) is 19.6 Å². The molecular formula is C38H70N4. The van der Waals surface area contributed by atoms with Crippen LogP contribution in [0.5, 0.6) is 0 Å². The highest BCUT2D eigenvalue weighted by Crippen LogP contribution is 2.53. The molecule has 3 N–H and O–H groups in total. The fourth-order valence-corrected chi connectivity index (χ4v) is 10.2. The number of hydrogen-bond donors (Lipinski definition) is 3. The molecule has 5 aliphatic carbocycles. The Labute approximate surface area is 261 Å². The van der Waals surface area contributed by atoms with Crippen LogP contribution in [0.25, 0.3) is 0 Å². The zero-order valence-electron chi connectivity index (χ0n) is 27.9. The summed E-state index contributed by atoms with van der Waals surface area (Å²) in [6.07, 6.45) is 36.1. The van der Waals surface area contributed by atoms with E-state index in [2.05, 4.69) is 20.9 Å². The van der Waals surface area contributed by atoms with Gasteiger partial charge in [-0.15, -0.1) is 0 Å². The topological polar surface area (TPSA) is 39.3 Å². The Morgan fingerprint density at radius 1 is 0.357 bits per heavy atom. The number of nitrogens with zero attached hydrogens (tertiary/aromatic N) is 1. The number of piperidine rings is 3. The SMILES string of the molecule is C1CC2(C1)CCNCC2.C1CC2(C1)CNC2.C1CC2CCN(C1)CC2.C1CCC2(C1)CCC2.C1CNCC2(C1)CCC2. The molecule has 6 aliphatic heterocycles. The minimum atomic E-state index is 0.790. The van der Waals surface area contributed by atoms with E-state index in [0.717, 1.165) is 27.6 Å². The second-order valence-electron chi connectivity index (χ2n) is 17.2. The zero-order valence-corrected chi connectivity index (χ0v) is 27.9. The van der Waals surface area contributed by atoms with E-state index in [-0.39, 0.29) is 0 Å². The smallest absolute Gasteiger partial charge is 0.00202 e. The Hall–Kier alpha value is -0.160. The molecule has 5 saturated carbocycles. The first kappa shape index (κ1) is 31.8. The van der Waals surface area contributed by atoms with Crippen molar-refractivity contribution in [3.05, 3.63) is 0 Å². The Morgan fingerprint density at radius 3 is 1.21 bits per heavy atom. The van der Waals surface area contributed by atoms with E-state index in [4.69, 9.17) is 0 Å². The molecule has 0 aromatic carbocycles. The molecule has 0 atom stereocenters. The maximum Gasteiger partial charge on any atom is 0.00202 e. The summed E-state index contributed by atoms with van der Waals surface area (Å²) in [5, 5.41) is 10.2. The Kier molecular flexibility index (Phi) is 11.3. The summed E-state index contributed by atoms with van der Waals surface area (Å²) >= 11 is 0. The van der Waals surface area contributed by atoms with E-state index in [0.29, 0.717) is 0 Å². The van der Waals surface area contributed by atoms with Crippen LogP contribution in [-0.4, -0.2) is 63.8 Å². The molecule has 0 radical (unpaired) electrons. The second kappa shape index (κ2) is 15.0. The van der Waals surface area contributed by atoms with Crippen molar-refractivity contribution in [3.8, 4) is 0 Å². The summed E-state index contributed by atoms with van der Waals surface area (Å²) in [6, 6.07) is 0. The lowest BCUT2D eigenvalue weighted by Gasteiger charge is -2.49. The van der Waals surface area contributed by atoms with Gasteiger partial charge in [0.15, 0.2) is 0 Å². The van der Waals surface area contributed by atoms with Crippen molar-refractivity contribution < 1.29 is 0 Å². The third-order valence-electron chi connectivity index (χ3n) is 14.3. The highest BCUT2D eigenvalue weighted by molar-refractivity contribution is 4.98. The van der Waals surface area contributed by atoms with Gasteiger partial charge in [0.2, 0.25) is 0 Å². The van der Waals surface area contributed by atoms with Crippen LogP contribution in [0.3, 0.4) is 0 Å². The molecule has 42 heavy (non-hydrogen) atoms. The van der Waals surface area contributed by atoms with Crippen LogP contribution >= 0.6 is 0 Å². The van der Waals surface area contributed by atoms with Crippen LogP contribution in [0.1, 0.15) is 154 Å². The molecule has 11 fully saturated rings. The van der Waals surface area contributed by atoms with E-state index in [9.17, 15) is 0 Å².